The molecule has 3 rings (SSSR count). The van der Waals surface area contributed by atoms with E-state index in [1.807, 2.05) is 37.3 Å². The van der Waals surface area contributed by atoms with Gasteiger partial charge < -0.3 is 14.5 Å². The second-order valence-electron chi connectivity index (χ2n) is 5.69. The molecule has 0 saturated carbocycles. The zero-order chi connectivity index (χ0) is 17.8. The lowest BCUT2D eigenvalue weighted by atomic mass is 10.0. The van der Waals surface area contributed by atoms with Crippen molar-refractivity contribution < 1.29 is 13.9 Å². The van der Waals surface area contributed by atoms with Crippen molar-refractivity contribution >= 4 is 16.9 Å². The fraction of sp³-hybridized carbons (Fsp3) is 0.200. The minimum atomic E-state index is -0.571. The van der Waals surface area contributed by atoms with Gasteiger partial charge in [0.1, 0.15) is 11.3 Å². The zero-order valence-corrected chi connectivity index (χ0v) is 14.1. The molecule has 0 radical (unpaired) electrons. The predicted molar refractivity (Wildman–Crippen MR) is 96.0 cm³/mol. The van der Waals surface area contributed by atoms with Gasteiger partial charge in [-0.1, -0.05) is 37.3 Å². The smallest absolute Gasteiger partial charge is 0.337 e. The number of rotatable bonds is 5. The van der Waals surface area contributed by atoms with Crippen LogP contribution in [0.2, 0.25) is 0 Å². The molecule has 0 aliphatic heterocycles. The lowest BCUT2D eigenvalue weighted by Crippen LogP contribution is -2.29. The van der Waals surface area contributed by atoms with Gasteiger partial charge in [0.2, 0.25) is 0 Å². The Morgan fingerprint density at radius 1 is 1.16 bits per heavy atom. The number of hydrogen-bond donors (Lipinski definition) is 1. The molecule has 0 fully saturated rings. The number of nitrogens with one attached hydrogen (secondary N) is 1. The maximum absolute atomic E-state index is 12.8. The predicted octanol–water partition coefficient (Wildman–Crippen LogP) is 3.68. The van der Waals surface area contributed by atoms with Gasteiger partial charge in [-0.05, 0) is 24.1 Å². The molecule has 128 valence electrons. The van der Waals surface area contributed by atoms with E-state index in [9.17, 15) is 9.59 Å². The zero-order valence-electron chi connectivity index (χ0n) is 14.1. The number of carbonyl (C=O) groups is 1. The quantitative estimate of drug-likeness (QED) is 0.721. The summed E-state index contributed by atoms with van der Waals surface area (Å²) in [6, 6.07) is 15.9. The minimum absolute atomic E-state index is 0.130. The van der Waals surface area contributed by atoms with E-state index in [0.29, 0.717) is 22.3 Å². The molecule has 5 heteroatoms. The molecule has 5 nitrogen and oxygen atoms in total. The molecule has 3 aromatic rings. The highest BCUT2D eigenvalue weighted by Crippen LogP contribution is 2.23. The Balaban J connectivity index is 1.98. The van der Waals surface area contributed by atoms with Crippen molar-refractivity contribution in [1.29, 1.82) is 0 Å². The van der Waals surface area contributed by atoms with Gasteiger partial charge in [0.15, 0.2) is 0 Å². The van der Waals surface area contributed by atoms with Crippen LogP contribution in [0.3, 0.4) is 0 Å². The van der Waals surface area contributed by atoms with Crippen LogP contribution in [-0.2, 0) is 0 Å². The Morgan fingerprint density at radius 2 is 1.92 bits per heavy atom. The highest BCUT2D eigenvalue weighted by Gasteiger charge is 2.18. The van der Waals surface area contributed by atoms with Gasteiger partial charge in [-0.25, -0.2) is 4.79 Å². The van der Waals surface area contributed by atoms with Crippen LogP contribution in [0.25, 0.3) is 11.0 Å². The van der Waals surface area contributed by atoms with Gasteiger partial charge in [-0.3, -0.25) is 4.79 Å². The van der Waals surface area contributed by atoms with E-state index in [1.54, 1.807) is 18.2 Å². The topological polar surface area (TPSA) is 68.5 Å². The number of methoxy groups -OCH3 is 1. The average molecular weight is 337 g/mol. The Hall–Kier alpha value is -3.08. The van der Waals surface area contributed by atoms with Crippen LogP contribution in [-0.4, -0.2) is 13.0 Å². The molecule has 2 aromatic carbocycles. The summed E-state index contributed by atoms with van der Waals surface area (Å²) in [4.78, 5) is 24.6. The van der Waals surface area contributed by atoms with Crippen LogP contribution in [0.1, 0.15) is 35.3 Å². The van der Waals surface area contributed by atoms with Crippen LogP contribution >= 0.6 is 0 Å². The number of hydrogen-bond acceptors (Lipinski definition) is 4. The van der Waals surface area contributed by atoms with Crippen molar-refractivity contribution in [2.75, 3.05) is 7.11 Å². The van der Waals surface area contributed by atoms with Gasteiger partial charge in [-0.15, -0.1) is 0 Å². The number of ether oxygens (including phenoxy) is 1. The van der Waals surface area contributed by atoms with E-state index in [2.05, 4.69) is 5.32 Å². The van der Waals surface area contributed by atoms with E-state index in [4.69, 9.17) is 9.15 Å². The summed E-state index contributed by atoms with van der Waals surface area (Å²) in [5.41, 5.74) is 1.07. The maximum Gasteiger partial charge on any atom is 0.337 e. The Kier molecular flexibility index (Phi) is 4.84. The van der Waals surface area contributed by atoms with E-state index >= 15 is 0 Å². The van der Waals surface area contributed by atoms with Crippen molar-refractivity contribution in [2.24, 2.45) is 0 Å². The van der Waals surface area contributed by atoms with Crippen LogP contribution in [0.15, 0.2) is 63.8 Å². The molecule has 0 bridgehead atoms. The minimum Gasteiger partial charge on any atom is -0.497 e. The Bertz CT molecular complexity index is 947. The first-order chi connectivity index (χ1) is 12.1. The summed E-state index contributed by atoms with van der Waals surface area (Å²) in [6.45, 7) is 2.00. The summed E-state index contributed by atoms with van der Waals surface area (Å²) in [6.07, 6.45) is 0.739. The first-order valence-electron chi connectivity index (χ1n) is 8.10. The second-order valence-corrected chi connectivity index (χ2v) is 5.69. The largest absolute Gasteiger partial charge is 0.497 e. The van der Waals surface area contributed by atoms with Crippen LogP contribution in [0.5, 0.6) is 5.75 Å². The van der Waals surface area contributed by atoms with Crippen molar-refractivity contribution in [2.45, 2.75) is 19.4 Å². The molecule has 0 aliphatic rings. The highest BCUT2D eigenvalue weighted by molar-refractivity contribution is 6.05. The maximum atomic E-state index is 12.8. The summed E-state index contributed by atoms with van der Waals surface area (Å²) in [5.74, 6) is 0.252. The third-order valence-corrected chi connectivity index (χ3v) is 4.11. The molecule has 1 unspecified atom stereocenters. The number of fused-ring (bicyclic) bond motifs is 1. The Morgan fingerprint density at radius 3 is 2.60 bits per heavy atom. The van der Waals surface area contributed by atoms with Gasteiger partial charge in [0, 0.05) is 17.5 Å². The van der Waals surface area contributed by atoms with Crippen LogP contribution < -0.4 is 15.7 Å². The van der Waals surface area contributed by atoms with Gasteiger partial charge >= 0.3 is 5.63 Å². The first kappa shape index (κ1) is 16.8. The molecule has 1 aromatic heterocycles. The van der Waals surface area contributed by atoms with Crippen molar-refractivity contribution in [1.82, 2.24) is 5.32 Å². The van der Waals surface area contributed by atoms with Crippen molar-refractivity contribution in [3.8, 4) is 5.75 Å². The molecular formula is C20H19NO4. The fourth-order valence-electron chi connectivity index (χ4n) is 2.80. The number of amides is 1. The molecule has 1 atom stereocenters. The lowest BCUT2D eigenvalue weighted by Gasteiger charge is -2.18. The average Bonchev–Trinajstić information content (AvgIpc) is 2.65. The van der Waals surface area contributed by atoms with E-state index in [-0.39, 0.29) is 11.9 Å². The summed E-state index contributed by atoms with van der Waals surface area (Å²) in [5, 5.41) is 3.57. The second kappa shape index (κ2) is 7.21. The lowest BCUT2D eigenvalue weighted by molar-refractivity contribution is 0.0936. The van der Waals surface area contributed by atoms with Gasteiger partial charge in [0.05, 0.1) is 18.7 Å². The van der Waals surface area contributed by atoms with Gasteiger partial charge in [-0.2, -0.15) is 0 Å². The third kappa shape index (κ3) is 3.55. The third-order valence-electron chi connectivity index (χ3n) is 4.11. The van der Waals surface area contributed by atoms with E-state index < -0.39 is 5.63 Å². The Labute approximate surface area is 145 Å². The van der Waals surface area contributed by atoms with E-state index in [1.165, 1.54) is 13.2 Å². The molecule has 1 amide bonds. The molecule has 1 heterocycles. The summed E-state index contributed by atoms with van der Waals surface area (Å²) < 4.78 is 10.3. The van der Waals surface area contributed by atoms with E-state index in [0.717, 1.165) is 12.0 Å². The molecule has 1 N–H and O–H groups in total. The number of benzene rings is 2. The summed E-state index contributed by atoms with van der Waals surface area (Å²) >= 11 is 0. The standard InChI is InChI=1S/C20H19NO4/c1-3-17(13-7-5-4-6-8-13)21-20(23)16-12-19(22)25-18-11-14(24-2)9-10-15(16)18/h4-12,17H,3H2,1-2H3,(H,21,23). The van der Waals surface area contributed by atoms with Gasteiger partial charge in [0.25, 0.3) is 5.91 Å². The van der Waals surface area contributed by atoms with Crippen LogP contribution in [0.4, 0.5) is 0 Å². The number of carbonyl (C=O) groups excluding carboxylic acids is 1. The molecule has 0 saturated heterocycles. The molecule has 25 heavy (non-hydrogen) atoms. The molecule has 0 aliphatic carbocycles. The van der Waals surface area contributed by atoms with Crippen LogP contribution in [0, 0.1) is 0 Å². The highest BCUT2D eigenvalue weighted by atomic mass is 16.5. The normalized spacial score (nSPS) is 11.9. The first-order valence-corrected chi connectivity index (χ1v) is 8.10. The molecular weight excluding hydrogens is 318 g/mol. The SMILES string of the molecule is CCC(NC(=O)c1cc(=O)oc2cc(OC)ccc12)c1ccccc1. The fourth-order valence-corrected chi connectivity index (χ4v) is 2.80. The molecule has 0 spiro atoms. The van der Waals surface area contributed by atoms with Crippen molar-refractivity contribution in [3.63, 3.8) is 0 Å². The summed E-state index contributed by atoms with van der Waals surface area (Å²) in [7, 11) is 1.53. The van der Waals surface area contributed by atoms with Crippen molar-refractivity contribution in [3.05, 3.63) is 76.1 Å². The monoisotopic (exact) mass is 337 g/mol.